The second-order valence-electron chi connectivity index (χ2n) is 4.22. The summed E-state index contributed by atoms with van der Waals surface area (Å²) in [6.45, 7) is 4.13. The Kier molecular flexibility index (Phi) is 3.49. The van der Waals surface area contributed by atoms with Crippen LogP contribution in [0.25, 0.3) is 0 Å². The normalized spacial score (nSPS) is 16.2. The molecule has 4 nitrogen and oxygen atoms in total. The van der Waals surface area contributed by atoms with E-state index in [2.05, 4.69) is 5.32 Å². The lowest BCUT2D eigenvalue weighted by atomic mass is 10.1. The van der Waals surface area contributed by atoms with E-state index in [9.17, 15) is 4.79 Å². The fraction of sp³-hybridized carbons (Fsp3) is 0.583. The number of carbonyl (C=O) groups excluding carboxylic acids is 1. The molecule has 0 atom stereocenters. The molecule has 2 amide bonds. The molecule has 0 radical (unpaired) electrons. The maximum Gasteiger partial charge on any atom is 0.317 e. The van der Waals surface area contributed by atoms with Crippen LogP contribution in [0.15, 0.2) is 16.5 Å². The number of hydrogen-bond donors (Lipinski definition) is 1. The van der Waals surface area contributed by atoms with Crippen molar-refractivity contribution in [2.75, 3.05) is 13.1 Å². The Morgan fingerprint density at radius 2 is 2.12 bits per heavy atom. The average molecular weight is 222 g/mol. The van der Waals surface area contributed by atoms with Crippen molar-refractivity contribution in [1.82, 2.24) is 10.2 Å². The van der Waals surface area contributed by atoms with Crippen molar-refractivity contribution in [3.05, 3.63) is 23.7 Å². The highest BCUT2D eigenvalue weighted by Crippen LogP contribution is 2.09. The first-order valence-electron chi connectivity index (χ1n) is 5.84. The van der Waals surface area contributed by atoms with Crippen molar-refractivity contribution < 1.29 is 9.21 Å². The minimum Gasteiger partial charge on any atom is -0.465 e. The van der Waals surface area contributed by atoms with E-state index < -0.39 is 0 Å². The van der Waals surface area contributed by atoms with E-state index >= 15 is 0 Å². The molecule has 0 bridgehead atoms. The van der Waals surface area contributed by atoms with Crippen LogP contribution in [0.4, 0.5) is 4.79 Å². The summed E-state index contributed by atoms with van der Waals surface area (Å²) < 4.78 is 5.39. The maximum atomic E-state index is 11.8. The van der Waals surface area contributed by atoms with E-state index in [0.29, 0.717) is 6.54 Å². The van der Waals surface area contributed by atoms with Gasteiger partial charge in [-0.05, 0) is 38.3 Å². The third-order valence-corrected chi connectivity index (χ3v) is 2.85. The summed E-state index contributed by atoms with van der Waals surface area (Å²) in [6.07, 6.45) is 3.47. The molecule has 0 unspecified atom stereocenters. The first kappa shape index (κ1) is 11.0. The monoisotopic (exact) mass is 222 g/mol. The van der Waals surface area contributed by atoms with Gasteiger partial charge in [-0.1, -0.05) is 0 Å². The third-order valence-electron chi connectivity index (χ3n) is 2.85. The highest BCUT2D eigenvalue weighted by atomic mass is 16.3. The van der Waals surface area contributed by atoms with Crippen molar-refractivity contribution in [1.29, 1.82) is 0 Å². The Hall–Kier alpha value is -1.45. The summed E-state index contributed by atoms with van der Waals surface area (Å²) in [6, 6.07) is 3.82. The standard InChI is InChI=1S/C12H18N2O2/c1-10-5-6-11(16-10)9-13-12(15)14-7-3-2-4-8-14/h5-6H,2-4,7-9H2,1H3,(H,13,15). The minimum atomic E-state index is 0.0220. The van der Waals surface area contributed by atoms with Crippen molar-refractivity contribution in [3.63, 3.8) is 0 Å². The Bertz CT molecular complexity index is 354. The first-order chi connectivity index (χ1) is 7.75. The van der Waals surface area contributed by atoms with Gasteiger partial charge in [0.2, 0.25) is 0 Å². The summed E-state index contributed by atoms with van der Waals surface area (Å²) in [5.74, 6) is 1.69. The number of urea groups is 1. The molecular formula is C12H18N2O2. The molecule has 2 rings (SSSR count). The predicted octanol–water partition coefficient (Wildman–Crippen LogP) is 2.28. The summed E-state index contributed by atoms with van der Waals surface area (Å²) in [5.41, 5.74) is 0. The number of nitrogens with one attached hydrogen (secondary N) is 1. The van der Waals surface area contributed by atoms with E-state index in [1.165, 1.54) is 6.42 Å². The number of aryl methyl sites for hydroxylation is 1. The van der Waals surface area contributed by atoms with Crippen LogP contribution in [0, 0.1) is 6.92 Å². The lowest BCUT2D eigenvalue weighted by Gasteiger charge is -2.26. The molecule has 1 aromatic rings. The topological polar surface area (TPSA) is 45.5 Å². The molecule has 1 N–H and O–H groups in total. The molecule has 4 heteroatoms. The number of rotatable bonds is 2. The highest BCUT2D eigenvalue weighted by Gasteiger charge is 2.15. The average Bonchev–Trinajstić information content (AvgIpc) is 2.73. The zero-order valence-electron chi connectivity index (χ0n) is 9.66. The van der Waals surface area contributed by atoms with Crippen LogP contribution < -0.4 is 5.32 Å². The van der Waals surface area contributed by atoms with E-state index in [-0.39, 0.29) is 6.03 Å². The van der Waals surface area contributed by atoms with Crippen molar-refractivity contribution in [2.24, 2.45) is 0 Å². The number of amides is 2. The lowest BCUT2D eigenvalue weighted by Crippen LogP contribution is -2.42. The fourth-order valence-corrected chi connectivity index (χ4v) is 1.95. The van der Waals surface area contributed by atoms with Gasteiger partial charge in [0.25, 0.3) is 0 Å². The molecule has 0 saturated carbocycles. The van der Waals surface area contributed by atoms with Gasteiger partial charge in [-0.2, -0.15) is 0 Å². The lowest BCUT2D eigenvalue weighted by molar-refractivity contribution is 0.185. The van der Waals surface area contributed by atoms with E-state index in [0.717, 1.165) is 37.5 Å². The van der Waals surface area contributed by atoms with Crippen LogP contribution in [-0.2, 0) is 6.54 Å². The Balaban J connectivity index is 1.78. The summed E-state index contributed by atoms with van der Waals surface area (Å²) in [5, 5.41) is 2.88. The largest absolute Gasteiger partial charge is 0.465 e. The maximum absolute atomic E-state index is 11.8. The Morgan fingerprint density at radius 1 is 1.38 bits per heavy atom. The summed E-state index contributed by atoms with van der Waals surface area (Å²) in [7, 11) is 0. The van der Waals surface area contributed by atoms with Gasteiger partial charge >= 0.3 is 6.03 Å². The molecule has 1 fully saturated rings. The van der Waals surface area contributed by atoms with E-state index in [1.54, 1.807) is 0 Å². The number of carbonyl (C=O) groups is 1. The summed E-state index contributed by atoms with van der Waals surface area (Å²) >= 11 is 0. The molecule has 1 aromatic heterocycles. The van der Waals surface area contributed by atoms with Gasteiger partial charge in [-0.15, -0.1) is 0 Å². The molecule has 1 aliphatic heterocycles. The van der Waals surface area contributed by atoms with E-state index in [4.69, 9.17) is 4.42 Å². The number of piperidine rings is 1. The molecule has 1 saturated heterocycles. The van der Waals surface area contributed by atoms with Crippen molar-refractivity contribution in [3.8, 4) is 0 Å². The molecule has 0 aliphatic carbocycles. The van der Waals surface area contributed by atoms with Crippen LogP contribution in [0.1, 0.15) is 30.8 Å². The van der Waals surface area contributed by atoms with Crippen LogP contribution in [0.2, 0.25) is 0 Å². The molecule has 1 aliphatic rings. The number of nitrogens with zero attached hydrogens (tertiary/aromatic N) is 1. The SMILES string of the molecule is Cc1ccc(CNC(=O)N2CCCCC2)o1. The number of furan rings is 1. The van der Waals surface area contributed by atoms with Gasteiger partial charge in [-0.3, -0.25) is 0 Å². The Labute approximate surface area is 95.6 Å². The van der Waals surface area contributed by atoms with Gasteiger partial charge in [-0.25, -0.2) is 4.79 Å². The molecular weight excluding hydrogens is 204 g/mol. The van der Waals surface area contributed by atoms with Crippen LogP contribution >= 0.6 is 0 Å². The summed E-state index contributed by atoms with van der Waals surface area (Å²) in [4.78, 5) is 13.6. The Morgan fingerprint density at radius 3 is 2.75 bits per heavy atom. The van der Waals surface area contributed by atoms with Gasteiger partial charge in [0.05, 0.1) is 6.54 Å². The van der Waals surface area contributed by atoms with Gasteiger partial charge in [0.15, 0.2) is 0 Å². The third kappa shape index (κ3) is 2.78. The molecule has 16 heavy (non-hydrogen) atoms. The number of likely N-dealkylation sites (tertiary alicyclic amines) is 1. The second kappa shape index (κ2) is 5.05. The molecule has 2 heterocycles. The predicted molar refractivity (Wildman–Crippen MR) is 61.1 cm³/mol. The number of hydrogen-bond acceptors (Lipinski definition) is 2. The van der Waals surface area contributed by atoms with Crippen LogP contribution in [-0.4, -0.2) is 24.0 Å². The quantitative estimate of drug-likeness (QED) is 0.834. The first-order valence-corrected chi connectivity index (χ1v) is 5.84. The van der Waals surface area contributed by atoms with E-state index in [1.807, 2.05) is 24.0 Å². The van der Waals surface area contributed by atoms with Gasteiger partial charge in [0.1, 0.15) is 11.5 Å². The van der Waals surface area contributed by atoms with Gasteiger partial charge in [0, 0.05) is 13.1 Å². The smallest absolute Gasteiger partial charge is 0.317 e. The minimum absolute atomic E-state index is 0.0220. The zero-order valence-corrected chi connectivity index (χ0v) is 9.66. The van der Waals surface area contributed by atoms with Crippen LogP contribution in [0.3, 0.4) is 0 Å². The van der Waals surface area contributed by atoms with Gasteiger partial charge < -0.3 is 14.6 Å². The second-order valence-corrected chi connectivity index (χ2v) is 4.22. The molecule has 88 valence electrons. The molecule has 0 spiro atoms. The highest BCUT2D eigenvalue weighted by molar-refractivity contribution is 5.74. The molecule has 0 aromatic carbocycles. The fourth-order valence-electron chi connectivity index (χ4n) is 1.95. The zero-order chi connectivity index (χ0) is 11.4. The van der Waals surface area contributed by atoms with Crippen molar-refractivity contribution in [2.45, 2.75) is 32.7 Å². The van der Waals surface area contributed by atoms with Crippen molar-refractivity contribution >= 4 is 6.03 Å². The van der Waals surface area contributed by atoms with Crippen LogP contribution in [0.5, 0.6) is 0 Å².